The van der Waals surface area contributed by atoms with Crippen molar-refractivity contribution in [1.29, 1.82) is 0 Å². The highest BCUT2D eigenvalue weighted by Crippen LogP contribution is 2.27. The van der Waals surface area contributed by atoms with E-state index in [-0.39, 0.29) is 21.4 Å². The molecule has 10 nitrogen and oxygen atoms in total. The summed E-state index contributed by atoms with van der Waals surface area (Å²) in [5.74, 6) is -0.0511. The van der Waals surface area contributed by atoms with Gasteiger partial charge in [-0.3, -0.25) is 9.40 Å². The molecule has 4 rings (SSSR count). The van der Waals surface area contributed by atoms with E-state index in [0.717, 1.165) is 0 Å². The average Bonchev–Trinajstić information content (AvgIpc) is 3.17. The van der Waals surface area contributed by atoms with Crippen molar-refractivity contribution in [3.63, 3.8) is 0 Å². The molecule has 0 aliphatic heterocycles. The number of sulfonamides is 2. The Bertz CT molecular complexity index is 1500. The van der Waals surface area contributed by atoms with Crippen molar-refractivity contribution in [2.45, 2.75) is 16.7 Å². The lowest BCUT2D eigenvalue weighted by Crippen LogP contribution is -2.16. The highest BCUT2D eigenvalue weighted by atomic mass is 32.2. The molecule has 0 aliphatic carbocycles. The molecule has 0 amide bonds. The van der Waals surface area contributed by atoms with Gasteiger partial charge in [-0.1, -0.05) is 30.3 Å². The molecule has 2 heterocycles. The Morgan fingerprint density at radius 2 is 1.55 bits per heavy atom. The van der Waals surface area contributed by atoms with Gasteiger partial charge in [0, 0.05) is 36.4 Å². The van der Waals surface area contributed by atoms with Gasteiger partial charge in [0.15, 0.2) is 0 Å². The monoisotopic (exact) mass is 484 g/mol. The van der Waals surface area contributed by atoms with Crippen LogP contribution in [-0.4, -0.2) is 36.6 Å². The molecular formula is C21H20N6O4S2. The van der Waals surface area contributed by atoms with Gasteiger partial charge in [-0.05, 0) is 37.3 Å². The van der Waals surface area contributed by atoms with Gasteiger partial charge < -0.3 is 0 Å². The van der Waals surface area contributed by atoms with Crippen LogP contribution in [0.2, 0.25) is 0 Å². The molecule has 0 radical (unpaired) electrons. The van der Waals surface area contributed by atoms with Crippen LogP contribution in [0.5, 0.6) is 0 Å². The molecule has 33 heavy (non-hydrogen) atoms. The zero-order valence-electron chi connectivity index (χ0n) is 17.7. The summed E-state index contributed by atoms with van der Waals surface area (Å²) in [5, 5.41) is 4.28. The molecule has 0 bridgehead atoms. The van der Waals surface area contributed by atoms with Gasteiger partial charge in [-0.15, -0.1) is 0 Å². The van der Waals surface area contributed by atoms with E-state index < -0.39 is 20.0 Å². The molecule has 0 saturated heterocycles. The summed E-state index contributed by atoms with van der Waals surface area (Å²) in [4.78, 5) is 7.84. The quantitative estimate of drug-likeness (QED) is 0.412. The van der Waals surface area contributed by atoms with Crippen LogP contribution in [0.4, 0.5) is 11.6 Å². The predicted molar refractivity (Wildman–Crippen MR) is 123 cm³/mol. The van der Waals surface area contributed by atoms with Crippen LogP contribution < -0.4 is 9.44 Å². The predicted octanol–water partition coefficient (Wildman–Crippen LogP) is 2.79. The minimum absolute atomic E-state index is 0.00570. The summed E-state index contributed by atoms with van der Waals surface area (Å²) in [7, 11) is -6.30. The van der Waals surface area contributed by atoms with Crippen LogP contribution in [0, 0.1) is 6.92 Å². The number of nitrogens with one attached hydrogen (secondary N) is 2. The van der Waals surface area contributed by atoms with E-state index in [2.05, 4.69) is 24.5 Å². The van der Waals surface area contributed by atoms with Gasteiger partial charge >= 0.3 is 0 Å². The lowest BCUT2D eigenvalue weighted by atomic mass is 10.2. The van der Waals surface area contributed by atoms with E-state index in [1.54, 1.807) is 44.3 Å². The number of hydrogen-bond donors (Lipinski definition) is 2. The average molecular weight is 485 g/mol. The molecule has 2 N–H and O–H groups in total. The Labute approximate surface area is 191 Å². The number of aromatic nitrogens is 4. The molecule has 0 atom stereocenters. The first-order valence-electron chi connectivity index (χ1n) is 9.68. The maximum absolute atomic E-state index is 13.1. The largest absolute Gasteiger partial charge is 0.280 e. The highest BCUT2D eigenvalue weighted by molar-refractivity contribution is 7.93. The van der Waals surface area contributed by atoms with Crippen molar-refractivity contribution < 1.29 is 16.8 Å². The van der Waals surface area contributed by atoms with Crippen LogP contribution >= 0.6 is 0 Å². The highest BCUT2D eigenvalue weighted by Gasteiger charge is 2.24. The molecule has 0 unspecified atom stereocenters. The van der Waals surface area contributed by atoms with E-state index in [0.29, 0.717) is 17.0 Å². The fraction of sp³-hybridized carbons (Fsp3) is 0.0952. The topological polar surface area (TPSA) is 136 Å². The van der Waals surface area contributed by atoms with Gasteiger partial charge in [-0.25, -0.2) is 31.5 Å². The molecular weight excluding hydrogens is 464 g/mol. The maximum Gasteiger partial charge on any atom is 0.265 e. The van der Waals surface area contributed by atoms with Crippen LogP contribution in [0.3, 0.4) is 0 Å². The number of aryl methyl sites for hydroxylation is 2. The van der Waals surface area contributed by atoms with Crippen molar-refractivity contribution in [2.75, 3.05) is 9.44 Å². The third kappa shape index (κ3) is 5.02. The van der Waals surface area contributed by atoms with Crippen molar-refractivity contribution in [2.24, 2.45) is 7.05 Å². The first-order valence-corrected chi connectivity index (χ1v) is 12.7. The third-order valence-corrected chi connectivity index (χ3v) is 7.30. The lowest BCUT2D eigenvalue weighted by Gasteiger charge is -2.10. The summed E-state index contributed by atoms with van der Waals surface area (Å²) < 4.78 is 57.5. The molecule has 12 heteroatoms. The fourth-order valence-corrected chi connectivity index (χ4v) is 5.26. The van der Waals surface area contributed by atoms with Crippen LogP contribution in [0.25, 0.3) is 11.3 Å². The van der Waals surface area contributed by atoms with Crippen molar-refractivity contribution >= 4 is 31.7 Å². The summed E-state index contributed by atoms with van der Waals surface area (Å²) >= 11 is 0. The first kappa shape index (κ1) is 22.4. The van der Waals surface area contributed by atoms with Crippen molar-refractivity contribution in [3.8, 4) is 11.3 Å². The van der Waals surface area contributed by atoms with E-state index in [4.69, 9.17) is 0 Å². The fourth-order valence-electron chi connectivity index (χ4n) is 3.05. The number of hydrogen-bond acceptors (Lipinski definition) is 7. The molecule has 0 spiro atoms. The summed E-state index contributed by atoms with van der Waals surface area (Å²) in [6, 6.07) is 15.9. The number of nitrogens with zero attached hydrogens (tertiary/aromatic N) is 4. The first-order chi connectivity index (χ1) is 15.6. The van der Waals surface area contributed by atoms with Crippen LogP contribution in [-0.2, 0) is 27.1 Å². The molecule has 0 fully saturated rings. The molecule has 2 aromatic heterocycles. The second kappa shape index (κ2) is 8.64. The maximum atomic E-state index is 13.1. The minimum atomic E-state index is -3.99. The van der Waals surface area contributed by atoms with Gasteiger partial charge in [0.2, 0.25) is 5.95 Å². The number of anilines is 2. The summed E-state index contributed by atoms with van der Waals surface area (Å²) in [6.45, 7) is 1.71. The van der Waals surface area contributed by atoms with Crippen molar-refractivity contribution in [3.05, 3.63) is 78.8 Å². The number of rotatable bonds is 7. The molecule has 0 saturated carbocycles. The molecule has 4 aromatic rings. The Morgan fingerprint density at radius 1 is 0.848 bits per heavy atom. The standard InChI is InChI=1S/C21H20N6O4S2/c1-15-12-13-22-21(23-15)26-32(28,29)18-10-8-17(9-11-18)25-33(30,31)19-14-27(2)24-20(19)16-6-4-3-5-7-16/h3-14,25H,1-2H3,(H,22,23,26). The van der Waals surface area contributed by atoms with E-state index in [1.807, 2.05) is 6.07 Å². The summed E-state index contributed by atoms with van der Waals surface area (Å²) in [6.07, 6.45) is 2.86. The van der Waals surface area contributed by atoms with Gasteiger partial charge in [-0.2, -0.15) is 5.10 Å². The van der Waals surface area contributed by atoms with Crippen LogP contribution in [0.1, 0.15) is 5.69 Å². The smallest absolute Gasteiger partial charge is 0.265 e. The second-order valence-electron chi connectivity index (χ2n) is 7.14. The molecule has 2 aromatic carbocycles. The summed E-state index contributed by atoms with van der Waals surface area (Å²) in [5.41, 5.74) is 1.78. The van der Waals surface area contributed by atoms with E-state index in [9.17, 15) is 16.8 Å². The molecule has 0 aliphatic rings. The Morgan fingerprint density at radius 3 is 2.21 bits per heavy atom. The molecule has 170 valence electrons. The second-order valence-corrected chi connectivity index (χ2v) is 10.5. The Hall–Kier alpha value is -3.77. The van der Waals surface area contributed by atoms with Crippen molar-refractivity contribution in [1.82, 2.24) is 19.7 Å². The normalized spacial score (nSPS) is 11.8. The number of benzene rings is 2. The zero-order valence-corrected chi connectivity index (χ0v) is 19.3. The van der Waals surface area contributed by atoms with Crippen LogP contribution in [0.15, 0.2) is 82.8 Å². The Balaban J connectivity index is 1.57. The lowest BCUT2D eigenvalue weighted by molar-refractivity contribution is 0.599. The van der Waals surface area contributed by atoms with Gasteiger partial charge in [0.1, 0.15) is 10.6 Å². The van der Waals surface area contributed by atoms with Gasteiger partial charge in [0.05, 0.1) is 4.90 Å². The van der Waals surface area contributed by atoms with Gasteiger partial charge in [0.25, 0.3) is 20.0 Å². The van der Waals surface area contributed by atoms with E-state index in [1.165, 1.54) is 41.3 Å². The minimum Gasteiger partial charge on any atom is -0.280 e. The van der Waals surface area contributed by atoms with E-state index >= 15 is 0 Å². The SMILES string of the molecule is Cc1ccnc(NS(=O)(=O)c2ccc(NS(=O)(=O)c3cn(C)nc3-c3ccccc3)cc2)n1. The zero-order chi connectivity index (χ0) is 23.6. The Kier molecular flexibility index (Phi) is 5.87. The third-order valence-electron chi connectivity index (χ3n) is 4.57.